The summed E-state index contributed by atoms with van der Waals surface area (Å²) < 4.78 is 2.41. The molecule has 0 radical (unpaired) electrons. The molecule has 0 fully saturated rings. The number of rotatable bonds is 6. The fourth-order valence-electron chi connectivity index (χ4n) is 3.41. The number of fused-ring (bicyclic) bond motifs is 1. The van der Waals surface area contributed by atoms with Gasteiger partial charge in [0.25, 0.3) is 0 Å². The van der Waals surface area contributed by atoms with Gasteiger partial charge in [-0.05, 0) is 36.1 Å². The molecule has 0 saturated heterocycles. The molecular weight excluding hydrogens is 430 g/mol. The number of carbonyl (C=O) groups excluding carboxylic acids is 1. The van der Waals surface area contributed by atoms with Gasteiger partial charge in [-0.25, -0.2) is 0 Å². The smallest absolute Gasteiger partial charge is 0.240 e. The average molecular weight is 452 g/mol. The van der Waals surface area contributed by atoms with Gasteiger partial charge in [-0.15, -0.1) is 0 Å². The van der Waals surface area contributed by atoms with E-state index in [0.717, 1.165) is 16.5 Å². The Hall–Kier alpha value is -2.91. The van der Waals surface area contributed by atoms with E-state index in [2.05, 4.69) is 35.1 Å². The van der Waals surface area contributed by atoms with Crippen molar-refractivity contribution in [3.05, 3.63) is 80.6 Å². The highest BCUT2D eigenvalue weighted by Gasteiger charge is 2.17. The lowest BCUT2D eigenvalue weighted by molar-refractivity contribution is -0.122. The van der Waals surface area contributed by atoms with E-state index in [1.807, 2.05) is 42.5 Å². The van der Waals surface area contributed by atoms with E-state index >= 15 is 0 Å². The van der Waals surface area contributed by atoms with Gasteiger partial charge in [0.1, 0.15) is 18.2 Å². The Balaban J connectivity index is 1.92. The molecule has 1 N–H and O–H groups in total. The molecule has 29 heavy (non-hydrogen) atoms. The predicted molar refractivity (Wildman–Crippen MR) is 117 cm³/mol. The first-order valence-corrected chi connectivity index (χ1v) is 10.3. The van der Waals surface area contributed by atoms with Crippen LogP contribution in [-0.2, 0) is 11.3 Å². The zero-order chi connectivity index (χ0) is 21.0. The second kappa shape index (κ2) is 9.06. The Kier molecular flexibility index (Phi) is 6.50. The normalized spacial score (nSPS) is 12.0. The van der Waals surface area contributed by atoms with Crippen LogP contribution in [-0.4, -0.2) is 10.5 Å². The first-order chi connectivity index (χ1) is 13.9. The van der Waals surface area contributed by atoms with E-state index < -0.39 is 0 Å². The number of nitrogens with one attached hydrogen (secondary N) is 1. The number of nitrogens with zero attached hydrogens (tertiary/aromatic N) is 2. The van der Waals surface area contributed by atoms with Crippen LogP contribution in [0.5, 0.6) is 0 Å². The van der Waals surface area contributed by atoms with Gasteiger partial charge in [-0.1, -0.05) is 60.1 Å². The molecule has 1 amide bonds. The van der Waals surface area contributed by atoms with Crippen molar-refractivity contribution in [2.75, 3.05) is 0 Å². The summed E-state index contributed by atoms with van der Waals surface area (Å²) in [5.41, 5.74) is 1.36. The zero-order valence-corrected chi connectivity index (χ0v) is 17.9. The van der Waals surface area contributed by atoms with E-state index in [4.69, 9.17) is 0 Å². The molecule has 148 valence electrons. The average Bonchev–Trinajstić information content (AvgIpc) is 2.70. The highest BCUT2D eigenvalue weighted by Crippen LogP contribution is 2.22. The standard InChI is InChI=1S/C23H22BrN3O2/c1-15(2)10-20(16-6-4-3-5-7-16)26-22(28)14-27-13-17(12-25)23(29)19-11-18(24)8-9-21(19)27/h3-9,11,13,15,20H,10,14H2,1-2H3,(H,26,28). The number of nitriles is 1. The van der Waals surface area contributed by atoms with Crippen molar-refractivity contribution in [2.45, 2.75) is 32.9 Å². The Morgan fingerprint density at radius 1 is 1.21 bits per heavy atom. The summed E-state index contributed by atoms with van der Waals surface area (Å²) in [6.45, 7) is 4.26. The number of hydrogen-bond donors (Lipinski definition) is 1. The van der Waals surface area contributed by atoms with Crippen LogP contribution in [0.1, 0.15) is 37.4 Å². The third-order valence-electron chi connectivity index (χ3n) is 4.72. The van der Waals surface area contributed by atoms with Gasteiger partial charge in [-0.3, -0.25) is 9.59 Å². The summed E-state index contributed by atoms with van der Waals surface area (Å²) in [5.74, 6) is 0.243. The predicted octanol–water partition coefficient (Wildman–Crippen LogP) is 4.54. The topological polar surface area (TPSA) is 74.9 Å². The molecule has 0 aliphatic heterocycles. The molecule has 0 bridgehead atoms. The van der Waals surface area contributed by atoms with Gasteiger partial charge >= 0.3 is 0 Å². The molecule has 0 saturated carbocycles. The molecule has 3 aromatic rings. The van der Waals surface area contributed by atoms with Crippen LogP contribution in [0.15, 0.2) is 64.0 Å². The Bertz CT molecular complexity index is 1130. The lowest BCUT2D eigenvalue weighted by Gasteiger charge is -2.22. The minimum atomic E-state index is -0.331. The molecule has 0 aliphatic carbocycles. The fourth-order valence-corrected chi connectivity index (χ4v) is 3.77. The van der Waals surface area contributed by atoms with Crippen molar-refractivity contribution >= 4 is 32.7 Å². The molecule has 5 nitrogen and oxygen atoms in total. The molecule has 0 spiro atoms. The van der Waals surface area contributed by atoms with E-state index in [0.29, 0.717) is 16.8 Å². The monoisotopic (exact) mass is 451 g/mol. The second-order valence-electron chi connectivity index (χ2n) is 7.43. The third-order valence-corrected chi connectivity index (χ3v) is 5.21. The lowest BCUT2D eigenvalue weighted by Crippen LogP contribution is -2.32. The number of pyridine rings is 1. The van der Waals surface area contributed by atoms with Crippen molar-refractivity contribution in [1.82, 2.24) is 9.88 Å². The van der Waals surface area contributed by atoms with Gasteiger partial charge in [0.15, 0.2) is 0 Å². The summed E-state index contributed by atoms with van der Waals surface area (Å²) in [5, 5.41) is 12.8. The van der Waals surface area contributed by atoms with Crippen LogP contribution in [0, 0.1) is 17.2 Å². The van der Waals surface area contributed by atoms with E-state index in [9.17, 15) is 14.9 Å². The minimum absolute atomic E-state index is 0.0187. The van der Waals surface area contributed by atoms with Gasteiger partial charge in [-0.2, -0.15) is 5.26 Å². The Morgan fingerprint density at radius 2 is 1.93 bits per heavy atom. The molecule has 1 heterocycles. The van der Waals surface area contributed by atoms with E-state index in [1.54, 1.807) is 16.7 Å². The summed E-state index contributed by atoms with van der Waals surface area (Å²) in [4.78, 5) is 25.3. The Labute approximate surface area is 178 Å². The van der Waals surface area contributed by atoms with Crippen LogP contribution in [0.2, 0.25) is 0 Å². The molecule has 3 rings (SSSR count). The van der Waals surface area contributed by atoms with Crippen molar-refractivity contribution in [2.24, 2.45) is 5.92 Å². The van der Waals surface area contributed by atoms with Crippen LogP contribution in [0.4, 0.5) is 0 Å². The largest absolute Gasteiger partial charge is 0.348 e. The van der Waals surface area contributed by atoms with Gasteiger partial charge < -0.3 is 9.88 Å². The highest BCUT2D eigenvalue weighted by molar-refractivity contribution is 9.10. The summed E-state index contributed by atoms with van der Waals surface area (Å²) in [6.07, 6.45) is 2.27. The third kappa shape index (κ3) is 4.93. The van der Waals surface area contributed by atoms with Gasteiger partial charge in [0, 0.05) is 16.1 Å². The SMILES string of the molecule is CC(C)CC(NC(=O)Cn1cc(C#N)c(=O)c2cc(Br)ccc21)c1ccccc1. The molecular formula is C23H22BrN3O2. The summed E-state index contributed by atoms with van der Waals surface area (Å²) in [7, 11) is 0. The zero-order valence-electron chi connectivity index (χ0n) is 16.4. The van der Waals surface area contributed by atoms with Crippen molar-refractivity contribution in [1.29, 1.82) is 5.26 Å². The first-order valence-electron chi connectivity index (χ1n) is 9.46. The van der Waals surface area contributed by atoms with Gasteiger partial charge in [0.05, 0.1) is 11.6 Å². The maximum absolute atomic E-state index is 12.9. The van der Waals surface area contributed by atoms with Crippen LogP contribution < -0.4 is 10.7 Å². The lowest BCUT2D eigenvalue weighted by atomic mass is 9.97. The number of halogens is 1. The van der Waals surface area contributed by atoms with Gasteiger partial charge in [0.2, 0.25) is 11.3 Å². The van der Waals surface area contributed by atoms with Crippen LogP contribution >= 0.6 is 15.9 Å². The summed E-state index contributed by atoms with van der Waals surface area (Å²) >= 11 is 3.36. The molecule has 1 unspecified atom stereocenters. The number of amides is 1. The van der Waals surface area contributed by atoms with Crippen molar-refractivity contribution in [3.63, 3.8) is 0 Å². The number of aromatic nitrogens is 1. The van der Waals surface area contributed by atoms with Crippen LogP contribution in [0.25, 0.3) is 10.9 Å². The van der Waals surface area contributed by atoms with Crippen molar-refractivity contribution < 1.29 is 4.79 Å². The highest BCUT2D eigenvalue weighted by atomic mass is 79.9. The molecule has 1 aromatic heterocycles. The molecule has 0 aliphatic rings. The quantitative estimate of drug-likeness (QED) is 0.597. The summed E-state index contributed by atoms with van der Waals surface area (Å²) in [6, 6.07) is 17.0. The van der Waals surface area contributed by atoms with Crippen molar-refractivity contribution in [3.8, 4) is 6.07 Å². The first kappa shape index (κ1) is 20.8. The number of benzene rings is 2. The number of carbonyl (C=O) groups is 1. The van der Waals surface area contributed by atoms with E-state index in [1.165, 1.54) is 6.20 Å². The number of hydrogen-bond acceptors (Lipinski definition) is 3. The Morgan fingerprint density at radius 3 is 2.59 bits per heavy atom. The maximum Gasteiger partial charge on any atom is 0.240 e. The minimum Gasteiger partial charge on any atom is -0.348 e. The fraction of sp³-hybridized carbons (Fsp3) is 0.261. The molecule has 6 heteroatoms. The maximum atomic E-state index is 12.9. The van der Waals surface area contributed by atoms with E-state index in [-0.39, 0.29) is 29.5 Å². The molecule has 1 atom stereocenters. The van der Waals surface area contributed by atoms with Crippen LogP contribution in [0.3, 0.4) is 0 Å². The second-order valence-corrected chi connectivity index (χ2v) is 8.35. The molecule has 2 aromatic carbocycles.